The van der Waals surface area contributed by atoms with E-state index in [4.69, 9.17) is 4.74 Å². The fraction of sp³-hybridized carbons (Fsp3) is 0.238. The quantitative estimate of drug-likeness (QED) is 0.696. The number of fused-ring (bicyclic) bond motifs is 1. The fourth-order valence-corrected chi connectivity index (χ4v) is 3.30. The lowest BCUT2D eigenvalue weighted by Crippen LogP contribution is -2.24. The van der Waals surface area contributed by atoms with Crippen molar-refractivity contribution in [3.63, 3.8) is 0 Å². The molecule has 0 saturated carbocycles. The third kappa shape index (κ3) is 3.69. The molecule has 2 aromatic carbocycles. The number of benzene rings is 2. The number of nitrogens with one attached hydrogen (secondary N) is 2. The lowest BCUT2D eigenvalue weighted by molar-refractivity contribution is -0.123. The van der Waals surface area contributed by atoms with E-state index in [1.807, 2.05) is 56.3 Å². The van der Waals surface area contributed by atoms with Crippen molar-refractivity contribution in [1.29, 1.82) is 0 Å². The highest BCUT2D eigenvalue weighted by molar-refractivity contribution is 6.01. The van der Waals surface area contributed by atoms with Crippen LogP contribution in [0.25, 0.3) is 11.4 Å². The highest BCUT2D eigenvalue weighted by Gasteiger charge is 2.35. The minimum absolute atomic E-state index is 0.0302. The summed E-state index contributed by atoms with van der Waals surface area (Å²) in [4.78, 5) is 29.2. The van der Waals surface area contributed by atoms with Crippen molar-refractivity contribution < 1.29 is 14.3 Å². The molecule has 1 aromatic heterocycles. The molecule has 0 aliphatic carbocycles. The summed E-state index contributed by atoms with van der Waals surface area (Å²) in [7, 11) is 1.60. The molecule has 148 valence electrons. The Bertz CT molecular complexity index is 1090. The van der Waals surface area contributed by atoms with Gasteiger partial charge in [-0.15, -0.1) is 5.10 Å². The first kappa shape index (κ1) is 18.7. The van der Waals surface area contributed by atoms with Crippen LogP contribution in [-0.2, 0) is 9.59 Å². The van der Waals surface area contributed by atoms with E-state index < -0.39 is 6.04 Å². The van der Waals surface area contributed by atoms with Crippen LogP contribution in [-0.4, -0.2) is 33.7 Å². The van der Waals surface area contributed by atoms with Gasteiger partial charge >= 0.3 is 0 Å². The number of carbonyl (C=O) groups is 2. The van der Waals surface area contributed by atoms with Gasteiger partial charge in [0.1, 0.15) is 11.8 Å². The van der Waals surface area contributed by atoms with Crippen molar-refractivity contribution in [2.75, 3.05) is 17.7 Å². The number of ether oxygens (including phenoxy) is 1. The van der Waals surface area contributed by atoms with Crippen LogP contribution < -0.4 is 15.4 Å². The summed E-state index contributed by atoms with van der Waals surface area (Å²) in [6.07, 6.45) is -0.0302. The number of methoxy groups -OCH3 is 1. The molecule has 8 nitrogen and oxygen atoms in total. The molecule has 1 aliphatic rings. The van der Waals surface area contributed by atoms with Crippen LogP contribution in [0.1, 0.15) is 23.6 Å². The Hall–Kier alpha value is -3.68. The Kier molecular flexibility index (Phi) is 4.75. The number of nitrogens with zero attached hydrogens (tertiary/aromatic N) is 3. The molecule has 8 heteroatoms. The smallest absolute Gasteiger partial charge is 0.252 e. The number of anilines is 2. The summed E-state index contributed by atoms with van der Waals surface area (Å²) in [5.74, 6) is 0.992. The Labute approximate surface area is 167 Å². The molecule has 1 aliphatic heterocycles. The molecular weight excluding hydrogens is 370 g/mol. The first-order chi connectivity index (χ1) is 13.9. The number of amides is 2. The number of aryl methyl sites for hydroxylation is 2. The summed E-state index contributed by atoms with van der Waals surface area (Å²) < 4.78 is 6.63. The molecule has 1 atom stereocenters. The topological polar surface area (TPSA) is 98.1 Å². The molecule has 0 spiro atoms. The maximum atomic E-state index is 12.5. The standard InChI is InChI=1S/C21H21N5O3/c1-12-4-9-16(13(2)10-12)22-18(27)11-17-20(28)24-21-23-19(25-26(17)21)14-5-7-15(29-3)8-6-14/h4-10,17H,11H2,1-3H3,(H,22,27)(H,23,24,25,28)/t17-/m0/s1. The van der Waals surface area contributed by atoms with E-state index in [0.717, 1.165) is 28.1 Å². The van der Waals surface area contributed by atoms with Gasteiger partial charge in [-0.25, -0.2) is 4.68 Å². The highest BCUT2D eigenvalue weighted by Crippen LogP contribution is 2.29. The Morgan fingerprint density at radius 3 is 2.66 bits per heavy atom. The number of rotatable bonds is 5. The zero-order valence-electron chi connectivity index (χ0n) is 16.4. The van der Waals surface area contributed by atoms with Crippen molar-refractivity contribution in [2.24, 2.45) is 0 Å². The van der Waals surface area contributed by atoms with Crippen LogP contribution in [0.4, 0.5) is 11.6 Å². The van der Waals surface area contributed by atoms with E-state index in [0.29, 0.717) is 11.8 Å². The number of carbonyl (C=O) groups excluding carboxylic acids is 2. The second-order valence-electron chi connectivity index (χ2n) is 7.01. The molecule has 0 fully saturated rings. The van der Waals surface area contributed by atoms with Crippen LogP contribution in [0, 0.1) is 13.8 Å². The Morgan fingerprint density at radius 2 is 1.97 bits per heavy atom. The van der Waals surface area contributed by atoms with Gasteiger partial charge in [0.25, 0.3) is 5.91 Å². The lowest BCUT2D eigenvalue weighted by Gasteiger charge is -2.12. The molecule has 0 bridgehead atoms. The molecular formula is C21H21N5O3. The summed E-state index contributed by atoms with van der Waals surface area (Å²) in [5, 5.41) is 10.0. The average Bonchev–Trinajstić information content (AvgIpc) is 3.23. The van der Waals surface area contributed by atoms with E-state index in [1.165, 1.54) is 4.68 Å². The Morgan fingerprint density at radius 1 is 1.21 bits per heavy atom. The molecule has 2 N–H and O–H groups in total. The monoisotopic (exact) mass is 391 g/mol. The van der Waals surface area contributed by atoms with Crippen LogP contribution in [0.2, 0.25) is 0 Å². The van der Waals surface area contributed by atoms with Crippen molar-refractivity contribution in [1.82, 2.24) is 14.8 Å². The zero-order valence-corrected chi connectivity index (χ0v) is 16.4. The first-order valence-electron chi connectivity index (χ1n) is 9.23. The maximum Gasteiger partial charge on any atom is 0.252 e. The predicted molar refractivity (Wildman–Crippen MR) is 109 cm³/mol. The van der Waals surface area contributed by atoms with Crippen LogP contribution in [0.3, 0.4) is 0 Å². The van der Waals surface area contributed by atoms with Gasteiger partial charge in [-0.2, -0.15) is 4.98 Å². The number of hydrogen-bond donors (Lipinski definition) is 2. The van der Waals surface area contributed by atoms with Crippen molar-refractivity contribution in [3.8, 4) is 17.1 Å². The van der Waals surface area contributed by atoms with Gasteiger partial charge < -0.3 is 10.1 Å². The van der Waals surface area contributed by atoms with Gasteiger partial charge in [-0.3, -0.25) is 14.9 Å². The SMILES string of the molecule is COc1ccc(-c2nc3n(n2)[C@@H](CC(=O)Nc2ccc(C)cc2C)C(=O)N3)cc1. The summed E-state index contributed by atoms with van der Waals surface area (Å²) in [5.41, 5.74) is 3.61. The minimum Gasteiger partial charge on any atom is -0.497 e. The van der Waals surface area contributed by atoms with E-state index in [2.05, 4.69) is 20.7 Å². The van der Waals surface area contributed by atoms with E-state index in [9.17, 15) is 9.59 Å². The maximum absolute atomic E-state index is 12.5. The molecule has 3 aromatic rings. The second-order valence-corrected chi connectivity index (χ2v) is 7.01. The first-order valence-corrected chi connectivity index (χ1v) is 9.23. The summed E-state index contributed by atoms with van der Waals surface area (Å²) in [6.45, 7) is 3.93. The van der Waals surface area contributed by atoms with Gasteiger partial charge in [0.15, 0.2) is 5.82 Å². The zero-order chi connectivity index (χ0) is 20.5. The van der Waals surface area contributed by atoms with Gasteiger partial charge in [0.05, 0.1) is 13.5 Å². The molecule has 4 rings (SSSR count). The van der Waals surface area contributed by atoms with E-state index >= 15 is 0 Å². The second kappa shape index (κ2) is 7.38. The van der Waals surface area contributed by atoms with Crippen molar-refractivity contribution in [2.45, 2.75) is 26.3 Å². The van der Waals surface area contributed by atoms with Crippen molar-refractivity contribution in [3.05, 3.63) is 53.6 Å². The normalized spacial score (nSPS) is 15.0. The van der Waals surface area contributed by atoms with Crippen LogP contribution in [0.5, 0.6) is 5.75 Å². The number of aromatic nitrogens is 3. The van der Waals surface area contributed by atoms with Gasteiger partial charge in [-0.1, -0.05) is 17.7 Å². The minimum atomic E-state index is -0.741. The highest BCUT2D eigenvalue weighted by atomic mass is 16.5. The van der Waals surface area contributed by atoms with E-state index in [-0.39, 0.29) is 18.2 Å². The van der Waals surface area contributed by atoms with Gasteiger partial charge in [0, 0.05) is 11.3 Å². The third-order valence-electron chi connectivity index (χ3n) is 4.85. The lowest BCUT2D eigenvalue weighted by atomic mass is 10.1. The average molecular weight is 391 g/mol. The molecule has 2 heterocycles. The van der Waals surface area contributed by atoms with Gasteiger partial charge in [0.2, 0.25) is 11.9 Å². The summed E-state index contributed by atoms with van der Waals surface area (Å²) in [6, 6.07) is 12.4. The fourth-order valence-electron chi connectivity index (χ4n) is 3.30. The largest absolute Gasteiger partial charge is 0.497 e. The predicted octanol–water partition coefficient (Wildman–Crippen LogP) is 3.09. The molecule has 0 radical (unpaired) electrons. The molecule has 2 amide bonds. The third-order valence-corrected chi connectivity index (χ3v) is 4.85. The summed E-state index contributed by atoms with van der Waals surface area (Å²) >= 11 is 0. The van der Waals surface area contributed by atoms with Crippen LogP contribution in [0.15, 0.2) is 42.5 Å². The Balaban J connectivity index is 1.51. The van der Waals surface area contributed by atoms with Crippen molar-refractivity contribution >= 4 is 23.5 Å². The van der Waals surface area contributed by atoms with E-state index in [1.54, 1.807) is 7.11 Å². The number of hydrogen-bond acceptors (Lipinski definition) is 5. The molecule has 0 unspecified atom stereocenters. The van der Waals surface area contributed by atoms with Gasteiger partial charge in [-0.05, 0) is 49.7 Å². The molecule has 0 saturated heterocycles. The molecule has 29 heavy (non-hydrogen) atoms. The van der Waals surface area contributed by atoms with Crippen LogP contribution >= 0.6 is 0 Å².